The molecule has 124 valence electrons. The van der Waals surface area contributed by atoms with Crippen molar-refractivity contribution in [1.82, 2.24) is 10.6 Å². The van der Waals surface area contributed by atoms with Gasteiger partial charge >= 0.3 is 0 Å². The minimum Gasteiger partial charge on any atom is -0.383 e. The van der Waals surface area contributed by atoms with Crippen molar-refractivity contribution >= 4 is 35.6 Å². The van der Waals surface area contributed by atoms with Gasteiger partial charge in [-0.2, -0.15) is 0 Å². The fraction of sp³-hybridized carbons (Fsp3) is 0.438. The van der Waals surface area contributed by atoms with Crippen molar-refractivity contribution in [3.8, 4) is 0 Å². The first-order valence-electron chi connectivity index (χ1n) is 7.25. The molecule has 0 amide bonds. The highest BCUT2D eigenvalue weighted by Crippen LogP contribution is 2.10. The Bertz CT molecular complexity index is 434. The Morgan fingerprint density at radius 1 is 1.27 bits per heavy atom. The van der Waals surface area contributed by atoms with E-state index >= 15 is 0 Å². The molecule has 0 spiro atoms. The number of guanidine groups is 1. The van der Waals surface area contributed by atoms with Crippen LogP contribution in [0.5, 0.6) is 0 Å². The van der Waals surface area contributed by atoms with Gasteiger partial charge < -0.3 is 20.7 Å². The van der Waals surface area contributed by atoms with Crippen LogP contribution in [-0.4, -0.2) is 39.3 Å². The Balaban J connectivity index is 0.00000441. The Hall–Kier alpha value is -1.28. The Morgan fingerprint density at radius 3 is 2.59 bits per heavy atom. The molecular formula is C16H27IN4O. The van der Waals surface area contributed by atoms with Crippen molar-refractivity contribution < 1.29 is 4.74 Å². The van der Waals surface area contributed by atoms with Crippen LogP contribution in [0.4, 0.5) is 5.69 Å². The molecule has 22 heavy (non-hydrogen) atoms. The van der Waals surface area contributed by atoms with Crippen LogP contribution < -0.4 is 16.0 Å². The topological polar surface area (TPSA) is 57.7 Å². The highest BCUT2D eigenvalue weighted by atomic mass is 127. The molecule has 0 fully saturated rings. The second-order valence-electron chi connectivity index (χ2n) is 4.48. The lowest BCUT2D eigenvalue weighted by atomic mass is 10.2. The molecule has 0 unspecified atom stereocenters. The molecule has 0 aliphatic carbocycles. The van der Waals surface area contributed by atoms with Crippen molar-refractivity contribution in [2.24, 2.45) is 4.99 Å². The van der Waals surface area contributed by atoms with E-state index in [2.05, 4.69) is 51.8 Å². The largest absolute Gasteiger partial charge is 0.383 e. The minimum atomic E-state index is 0. The summed E-state index contributed by atoms with van der Waals surface area (Å²) < 4.78 is 5.01. The molecule has 0 saturated carbocycles. The lowest BCUT2D eigenvalue weighted by molar-refractivity contribution is 0.211. The number of hydrogen-bond donors (Lipinski definition) is 3. The number of benzene rings is 1. The van der Waals surface area contributed by atoms with Crippen LogP contribution in [0.2, 0.25) is 0 Å². The predicted molar refractivity (Wildman–Crippen MR) is 105 cm³/mol. The molecule has 1 aromatic rings. The van der Waals surface area contributed by atoms with Gasteiger partial charge in [-0.15, -0.1) is 30.6 Å². The summed E-state index contributed by atoms with van der Waals surface area (Å²) >= 11 is 0. The van der Waals surface area contributed by atoms with E-state index in [1.807, 2.05) is 13.0 Å². The molecule has 1 aromatic carbocycles. The van der Waals surface area contributed by atoms with Crippen molar-refractivity contribution in [3.05, 3.63) is 42.5 Å². The fourth-order valence-electron chi connectivity index (χ4n) is 1.71. The van der Waals surface area contributed by atoms with Crippen molar-refractivity contribution in [3.63, 3.8) is 0 Å². The molecule has 0 atom stereocenters. The molecule has 3 N–H and O–H groups in total. The van der Waals surface area contributed by atoms with Crippen LogP contribution in [0.15, 0.2) is 41.9 Å². The minimum absolute atomic E-state index is 0. The van der Waals surface area contributed by atoms with E-state index in [1.54, 1.807) is 7.11 Å². The average molecular weight is 418 g/mol. The number of methoxy groups -OCH3 is 1. The molecule has 0 heterocycles. The van der Waals surface area contributed by atoms with Gasteiger partial charge in [-0.05, 0) is 24.6 Å². The second kappa shape index (κ2) is 13.4. The lowest BCUT2D eigenvalue weighted by Gasteiger charge is -2.10. The third-order valence-electron chi connectivity index (χ3n) is 2.77. The van der Waals surface area contributed by atoms with E-state index in [4.69, 9.17) is 4.74 Å². The third-order valence-corrected chi connectivity index (χ3v) is 2.77. The summed E-state index contributed by atoms with van der Waals surface area (Å²) in [7, 11) is 1.70. The van der Waals surface area contributed by atoms with Gasteiger partial charge in [-0.1, -0.05) is 18.2 Å². The van der Waals surface area contributed by atoms with E-state index in [-0.39, 0.29) is 24.0 Å². The lowest BCUT2D eigenvalue weighted by Crippen LogP contribution is -2.37. The Kier molecular flexibility index (Phi) is 12.6. The zero-order valence-corrected chi connectivity index (χ0v) is 15.7. The normalized spacial score (nSPS) is 10.5. The molecular weight excluding hydrogens is 391 g/mol. The van der Waals surface area contributed by atoms with E-state index < -0.39 is 0 Å². The van der Waals surface area contributed by atoms with Crippen LogP contribution >= 0.6 is 24.0 Å². The van der Waals surface area contributed by atoms with E-state index in [0.29, 0.717) is 19.7 Å². The van der Waals surface area contributed by atoms with E-state index in [1.165, 1.54) is 5.56 Å². The predicted octanol–water partition coefficient (Wildman–Crippen LogP) is 2.60. The number of rotatable bonds is 9. The van der Waals surface area contributed by atoms with Gasteiger partial charge in [-0.3, -0.25) is 0 Å². The van der Waals surface area contributed by atoms with Crippen molar-refractivity contribution in [1.29, 1.82) is 0 Å². The number of nitrogens with zero attached hydrogens (tertiary/aromatic N) is 1. The van der Waals surface area contributed by atoms with Crippen LogP contribution in [0, 0.1) is 0 Å². The van der Waals surface area contributed by atoms with Crippen molar-refractivity contribution in [2.45, 2.75) is 13.5 Å². The summed E-state index contributed by atoms with van der Waals surface area (Å²) in [6, 6.07) is 8.28. The van der Waals surface area contributed by atoms with Gasteiger partial charge in [-0.25, -0.2) is 4.99 Å². The maximum Gasteiger partial charge on any atom is 0.191 e. The summed E-state index contributed by atoms with van der Waals surface area (Å²) in [5, 5.41) is 9.67. The van der Waals surface area contributed by atoms with Gasteiger partial charge in [0, 0.05) is 32.4 Å². The zero-order valence-electron chi connectivity index (χ0n) is 13.4. The van der Waals surface area contributed by atoms with E-state index in [9.17, 15) is 0 Å². The molecule has 1 rings (SSSR count). The first-order valence-corrected chi connectivity index (χ1v) is 7.25. The molecule has 0 aliphatic heterocycles. The molecule has 5 nitrogen and oxygen atoms in total. The van der Waals surface area contributed by atoms with Crippen LogP contribution in [0.3, 0.4) is 0 Å². The second-order valence-corrected chi connectivity index (χ2v) is 4.48. The maximum absolute atomic E-state index is 5.01. The Labute approximate surface area is 150 Å². The maximum atomic E-state index is 5.01. The average Bonchev–Trinajstić information content (AvgIpc) is 2.51. The third kappa shape index (κ3) is 8.89. The summed E-state index contributed by atoms with van der Waals surface area (Å²) in [5.74, 6) is 0.805. The zero-order chi connectivity index (χ0) is 15.3. The number of nitrogens with one attached hydrogen (secondary N) is 3. The molecule has 6 heteroatoms. The molecule has 0 aliphatic rings. The number of halogens is 1. The van der Waals surface area contributed by atoms with Gasteiger partial charge in [0.15, 0.2) is 5.96 Å². The summed E-state index contributed by atoms with van der Waals surface area (Å²) in [5.41, 5.74) is 2.26. The van der Waals surface area contributed by atoms with Gasteiger partial charge in [0.25, 0.3) is 0 Å². The highest BCUT2D eigenvalue weighted by Gasteiger charge is 1.97. The number of anilines is 1. The molecule has 0 saturated heterocycles. The smallest absolute Gasteiger partial charge is 0.191 e. The first kappa shape index (κ1) is 20.7. The van der Waals surface area contributed by atoms with Crippen LogP contribution in [0.25, 0.3) is 0 Å². The SMILES string of the molecule is C=CCNC(=NCc1ccc(NCCOC)cc1)NCC.I. The van der Waals surface area contributed by atoms with Crippen LogP contribution in [0.1, 0.15) is 12.5 Å². The number of aliphatic imine (C=N–C) groups is 1. The fourth-order valence-corrected chi connectivity index (χ4v) is 1.71. The quantitative estimate of drug-likeness (QED) is 0.190. The Morgan fingerprint density at radius 2 is 2.00 bits per heavy atom. The monoisotopic (exact) mass is 418 g/mol. The number of ether oxygens (including phenoxy) is 1. The van der Waals surface area contributed by atoms with Gasteiger partial charge in [0.2, 0.25) is 0 Å². The molecule has 0 bridgehead atoms. The van der Waals surface area contributed by atoms with Crippen LogP contribution in [-0.2, 0) is 11.3 Å². The standard InChI is InChI=1S/C16H26N4O.HI/c1-4-10-19-16(17-5-2)20-13-14-6-8-15(9-7-14)18-11-12-21-3;/h4,6-9,18H,1,5,10-13H2,2-3H3,(H2,17,19,20);1H. The highest BCUT2D eigenvalue weighted by molar-refractivity contribution is 14.0. The number of hydrogen-bond acceptors (Lipinski definition) is 3. The molecule has 0 aromatic heterocycles. The van der Waals surface area contributed by atoms with Gasteiger partial charge in [0.1, 0.15) is 0 Å². The van der Waals surface area contributed by atoms with Gasteiger partial charge in [0.05, 0.1) is 13.2 Å². The first-order chi connectivity index (χ1) is 10.3. The van der Waals surface area contributed by atoms with E-state index in [0.717, 1.165) is 24.7 Å². The molecule has 0 radical (unpaired) electrons. The van der Waals surface area contributed by atoms with Crippen molar-refractivity contribution in [2.75, 3.05) is 38.7 Å². The summed E-state index contributed by atoms with van der Waals surface area (Å²) in [6.45, 7) is 9.43. The summed E-state index contributed by atoms with van der Waals surface area (Å²) in [6.07, 6.45) is 1.81. The summed E-state index contributed by atoms with van der Waals surface area (Å²) in [4.78, 5) is 4.53.